The fraction of sp³-hybridized carbons (Fsp3) is 0.561. The highest BCUT2D eigenvalue weighted by Gasteiger charge is 2.61. The fourth-order valence-electron chi connectivity index (χ4n) is 7.99. The standard InChI is InChI=1S/C41H48F6N4O5/c1-37(2,3)56-35(53)33-28(7-6-8-32(33)27-13-15-40(43,44)16-14-27)21-55-22-30-20-49(23-39(30)24-50(25-39)36(54)38(4,5)41(45,46)47)34(52)29-17-48-51(19-29)18-26-9-11-31(42)12-10-26/h6-12,17,19,27,30H,13-16,18,20-25H2,1-5H3/t30-/m0/s1. The molecule has 3 aliphatic rings. The van der Waals surface area contributed by atoms with Crippen molar-refractivity contribution in [2.24, 2.45) is 16.7 Å². The lowest BCUT2D eigenvalue weighted by Crippen LogP contribution is -2.66. The average Bonchev–Trinajstić information content (AvgIpc) is 3.72. The number of ether oxygens (including phenoxy) is 2. The van der Waals surface area contributed by atoms with Gasteiger partial charge in [0.25, 0.3) is 5.91 Å². The van der Waals surface area contributed by atoms with Gasteiger partial charge in [-0.2, -0.15) is 18.3 Å². The molecule has 1 aromatic heterocycles. The summed E-state index contributed by atoms with van der Waals surface area (Å²) in [6, 6.07) is 11.1. The van der Waals surface area contributed by atoms with Crippen molar-refractivity contribution in [1.29, 1.82) is 0 Å². The van der Waals surface area contributed by atoms with Gasteiger partial charge in [0, 0.05) is 56.6 Å². The number of likely N-dealkylation sites (tertiary alicyclic amines) is 2. The van der Waals surface area contributed by atoms with Crippen molar-refractivity contribution in [3.05, 3.63) is 88.5 Å². The minimum absolute atomic E-state index is 0.0159. The van der Waals surface area contributed by atoms with Crippen LogP contribution < -0.4 is 0 Å². The Hall–Kier alpha value is -4.40. The SMILES string of the molecule is CC(C)(C)OC(=O)c1c(COC[C@@H]2CN(C(=O)c3cnn(Cc4ccc(F)cc4)c3)CC23CN(C(=O)C(C)(C)C(F)(F)F)C3)cccc1C1CCC(F)(F)CC1. The summed E-state index contributed by atoms with van der Waals surface area (Å²) < 4.78 is 96.7. The van der Waals surface area contributed by atoms with E-state index in [9.17, 15) is 40.7 Å². The van der Waals surface area contributed by atoms with Crippen molar-refractivity contribution in [3.8, 4) is 0 Å². The Labute approximate surface area is 322 Å². The van der Waals surface area contributed by atoms with Gasteiger partial charge in [-0.1, -0.05) is 30.3 Å². The molecule has 0 unspecified atom stereocenters. The third-order valence-corrected chi connectivity index (χ3v) is 11.3. The summed E-state index contributed by atoms with van der Waals surface area (Å²) in [5.74, 6) is -5.82. The Morgan fingerprint density at radius 2 is 1.55 bits per heavy atom. The molecule has 304 valence electrons. The molecule has 56 heavy (non-hydrogen) atoms. The van der Waals surface area contributed by atoms with E-state index in [4.69, 9.17) is 9.47 Å². The van der Waals surface area contributed by atoms with Crippen LogP contribution in [0, 0.1) is 22.6 Å². The van der Waals surface area contributed by atoms with Gasteiger partial charge in [-0.25, -0.2) is 18.0 Å². The molecule has 1 aliphatic carbocycles. The van der Waals surface area contributed by atoms with Crippen LogP contribution in [-0.2, 0) is 27.4 Å². The van der Waals surface area contributed by atoms with Crippen molar-refractivity contribution in [1.82, 2.24) is 19.6 Å². The van der Waals surface area contributed by atoms with Gasteiger partial charge in [0.05, 0.1) is 37.1 Å². The lowest BCUT2D eigenvalue weighted by molar-refractivity contribution is -0.223. The number of esters is 1. The van der Waals surface area contributed by atoms with Gasteiger partial charge in [-0.3, -0.25) is 14.3 Å². The predicted octanol–water partition coefficient (Wildman–Crippen LogP) is 8.02. The molecule has 3 aromatic rings. The number of rotatable bonds is 10. The Morgan fingerprint density at radius 3 is 2.18 bits per heavy atom. The molecule has 2 saturated heterocycles. The van der Waals surface area contributed by atoms with E-state index in [2.05, 4.69) is 5.10 Å². The Morgan fingerprint density at radius 1 is 0.911 bits per heavy atom. The van der Waals surface area contributed by atoms with E-state index in [1.165, 1.54) is 23.2 Å². The lowest BCUT2D eigenvalue weighted by Gasteiger charge is -2.52. The maximum absolute atomic E-state index is 14.1. The zero-order chi connectivity index (χ0) is 40.8. The molecule has 6 rings (SSSR count). The number of alkyl halides is 5. The maximum atomic E-state index is 14.1. The number of benzene rings is 2. The summed E-state index contributed by atoms with van der Waals surface area (Å²) in [5.41, 5.74) is -1.76. The Bertz CT molecular complexity index is 1920. The summed E-state index contributed by atoms with van der Waals surface area (Å²) in [5, 5.41) is 4.29. The average molecular weight is 791 g/mol. The van der Waals surface area contributed by atoms with Gasteiger partial charge in [0.15, 0.2) is 0 Å². The van der Waals surface area contributed by atoms with E-state index in [0.29, 0.717) is 17.7 Å². The van der Waals surface area contributed by atoms with Crippen molar-refractivity contribution in [2.45, 2.75) is 97.1 Å². The first-order valence-corrected chi connectivity index (χ1v) is 18.8. The third kappa shape index (κ3) is 8.77. The fourth-order valence-corrected chi connectivity index (χ4v) is 7.99. The van der Waals surface area contributed by atoms with Crippen LogP contribution in [0.25, 0.3) is 0 Å². The van der Waals surface area contributed by atoms with E-state index in [-0.39, 0.29) is 93.8 Å². The van der Waals surface area contributed by atoms with Crippen molar-refractivity contribution < 1.29 is 50.2 Å². The van der Waals surface area contributed by atoms with Gasteiger partial charge in [0.2, 0.25) is 11.8 Å². The molecule has 3 heterocycles. The molecule has 3 fully saturated rings. The number of carbonyl (C=O) groups excluding carboxylic acids is 3. The van der Waals surface area contributed by atoms with Gasteiger partial charge in [0.1, 0.15) is 16.8 Å². The van der Waals surface area contributed by atoms with Crippen molar-refractivity contribution in [3.63, 3.8) is 0 Å². The third-order valence-electron chi connectivity index (χ3n) is 11.3. The Balaban J connectivity index is 1.21. The molecule has 2 aliphatic heterocycles. The highest BCUT2D eigenvalue weighted by atomic mass is 19.4. The second kappa shape index (κ2) is 15.2. The lowest BCUT2D eigenvalue weighted by atomic mass is 9.70. The van der Waals surface area contributed by atoms with Gasteiger partial charge in [-0.15, -0.1) is 0 Å². The first kappa shape index (κ1) is 41.2. The highest BCUT2D eigenvalue weighted by molar-refractivity contribution is 5.94. The summed E-state index contributed by atoms with van der Waals surface area (Å²) in [4.78, 5) is 43.4. The molecule has 1 atom stereocenters. The van der Waals surface area contributed by atoms with Crippen molar-refractivity contribution >= 4 is 17.8 Å². The minimum Gasteiger partial charge on any atom is -0.456 e. The number of carbonyl (C=O) groups is 3. The number of amides is 2. The van der Waals surface area contributed by atoms with Crippen LogP contribution in [0.4, 0.5) is 26.3 Å². The highest BCUT2D eigenvalue weighted by Crippen LogP contribution is 2.48. The molecule has 1 saturated carbocycles. The topological polar surface area (TPSA) is 94.0 Å². The molecular weight excluding hydrogens is 742 g/mol. The Kier molecular flexibility index (Phi) is 11.2. The molecule has 15 heteroatoms. The van der Waals surface area contributed by atoms with Crippen molar-refractivity contribution in [2.75, 3.05) is 32.8 Å². The van der Waals surface area contributed by atoms with Gasteiger partial charge in [-0.05, 0) is 82.2 Å². The summed E-state index contributed by atoms with van der Waals surface area (Å²) >= 11 is 0. The number of hydrogen-bond donors (Lipinski definition) is 0. The van der Waals surface area contributed by atoms with Gasteiger partial charge >= 0.3 is 12.1 Å². The summed E-state index contributed by atoms with van der Waals surface area (Å²) in [7, 11) is 0. The molecule has 0 N–H and O–H groups in total. The molecule has 2 amide bonds. The monoisotopic (exact) mass is 790 g/mol. The van der Waals surface area contributed by atoms with E-state index in [0.717, 1.165) is 19.4 Å². The quantitative estimate of drug-likeness (QED) is 0.153. The number of nitrogens with zero attached hydrogens (tertiary/aromatic N) is 4. The zero-order valence-electron chi connectivity index (χ0n) is 32.2. The molecule has 0 bridgehead atoms. The van der Waals surface area contributed by atoms with E-state index in [1.54, 1.807) is 66.9 Å². The van der Waals surface area contributed by atoms with Crippen LogP contribution >= 0.6 is 0 Å². The molecular formula is C41H48F6N4O5. The zero-order valence-corrected chi connectivity index (χ0v) is 32.2. The molecule has 2 aromatic carbocycles. The first-order valence-electron chi connectivity index (χ1n) is 18.8. The molecule has 0 radical (unpaired) electrons. The minimum atomic E-state index is -4.76. The second-order valence-electron chi connectivity index (χ2n) is 17.1. The van der Waals surface area contributed by atoms with Crippen LogP contribution in [-0.4, -0.2) is 87.8 Å². The van der Waals surface area contributed by atoms with E-state index < -0.39 is 46.3 Å². The largest absolute Gasteiger partial charge is 0.456 e. The van der Waals surface area contributed by atoms with E-state index >= 15 is 0 Å². The number of aromatic nitrogens is 2. The number of halogens is 6. The summed E-state index contributed by atoms with van der Waals surface area (Å²) in [6.07, 6.45) is -1.95. The normalized spacial score (nSPS) is 19.9. The number of hydrogen-bond acceptors (Lipinski definition) is 6. The van der Waals surface area contributed by atoms with Gasteiger partial charge < -0.3 is 19.3 Å². The first-order chi connectivity index (χ1) is 26.1. The van der Waals surface area contributed by atoms with Crippen LogP contribution in [0.2, 0.25) is 0 Å². The smallest absolute Gasteiger partial charge is 0.402 e. The molecule has 1 spiro atoms. The predicted molar refractivity (Wildman–Crippen MR) is 193 cm³/mol. The van der Waals surface area contributed by atoms with Crippen LogP contribution in [0.3, 0.4) is 0 Å². The van der Waals surface area contributed by atoms with Crippen LogP contribution in [0.1, 0.15) is 104 Å². The van der Waals surface area contributed by atoms with Crippen LogP contribution in [0.5, 0.6) is 0 Å². The second-order valence-corrected chi connectivity index (χ2v) is 17.1. The molecule has 9 nitrogen and oxygen atoms in total. The van der Waals surface area contributed by atoms with E-state index in [1.807, 2.05) is 0 Å². The van der Waals surface area contributed by atoms with Crippen LogP contribution in [0.15, 0.2) is 54.9 Å². The summed E-state index contributed by atoms with van der Waals surface area (Å²) in [6.45, 7) is 7.48. The maximum Gasteiger partial charge on any atom is 0.402 e.